The number of nitrogens with zero attached hydrogens (tertiary/aromatic N) is 1. The van der Waals surface area contributed by atoms with E-state index in [4.69, 9.17) is 0 Å². The lowest BCUT2D eigenvalue weighted by Gasteiger charge is -2.26. The number of nitrogens with one attached hydrogen (secondary N) is 1. The lowest BCUT2D eigenvalue weighted by molar-refractivity contribution is 0.102. The van der Waals surface area contributed by atoms with Gasteiger partial charge in [0.05, 0.1) is 11.5 Å². The van der Waals surface area contributed by atoms with E-state index in [0.717, 1.165) is 23.4 Å². The minimum absolute atomic E-state index is 0.131. The Morgan fingerprint density at radius 3 is 2.20 bits per heavy atom. The van der Waals surface area contributed by atoms with Crippen molar-refractivity contribution < 1.29 is 13.2 Å². The van der Waals surface area contributed by atoms with Crippen molar-refractivity contribution in [2.75, 3.05) is 29.9 Å². The number of carbonyl (C=O) groups is 1. The van der Waals surface area contributed by atoms with E-state index in [1.807, 2.05) is 55.5 Å². The van der Waals surface area contributed by atoms with Crippen molar-refractivity contribution in [2.24, 2.45) is 0 Å². The Bertz CT molecular complexity index is 829. The highest BCUT2D eigenvalue weighted by molar-refractivity contribution is 7.91. The van der Waals surface area contributed by atoms with Crippen molar-refractivity contribution in [3.8, 4) is 0 Å². The van der Waals surface area contributed by atoms with Crippen LogP contribution in [0, 0.1) is 6.92 Å². The molecule has 0 aliphatic carbocycles. The average Bonchev–Trinajstić information content (AvgIpc) is 2.59. The summed E-state index contributed by atoms with van der Waals surface area (Å²) < 4.78 is 22.9. The second-order valence-electron chi connectivity index (χ2n) is 6.45. The lowest BCUT2D eigenvalue weighted by atomic mass is 10.1. The smallest absolute Gasteiger partial charge is 0.255 e. The van der Waals surface area contributed by atoms with Gasteiger partial charge in [0, 0.05) is 30.9 Å². The maximum Gasteiger partial charge on any atom is 0.255 e. The van der Waals surface area contributed by atoms with E-state index >= 15 is 0 Å². The maximum atomic E-state index is 12.2. The van der Waals surface area contributed by atoms with Gasteiger partial charge in [0.25, 0.3) is 5.91 Å². The van der Waals surface area contributed by atoms with Gasteiger partial charge in [-0.15, -0.1) is 0 Å². The van der Waals surface area contributed by atoms with Crippen LogP contribution < -0.4 is 5.32 Å². The molecule has 3 rings (SSSR count). The van der Waals surface area contributed by atoms with Crippen LogP contribution in [-0.2, 0) is 16.4 Å². The fourth-order valence-electron chi connectivity index (χ4n) is 2.77. The molecule has 2 aromatic rings. The number of hydrogen-bond donors (Lipinski definition) is 1. The highest BCUT2D eigenvalue weighted by Crippen LogP contribution is 2.15. The van der Waals surface area contributed by atoms with Gasteiger partial charge < -0.3 is 5.32 Å². The molecule has 1 amide bonds. The molecular weight excluding hydrogens is 336 g/mol. The molecule has 6 heteroatoms. The fourth-order valence-corrected chi connectivity index (χ4v) is 4.05. The van der Waals surface area contributed by atoms with Crippen molar-refractivity contribution in [3.05, 3.63) is 65.2 Å². The molecule has 1 N–H and O–H groups in total. The van der Waals surface area contributed by atoms with E-state index in [1.165, 1.54) is 0 Å². The van der Waals surface area contributed by atoms with Gasteiger partial charge in [-0.3, -0.25) is 9.69 Å². The maximum absolute atomic E-state index is 12.2. The van der Waals surface area contributed by atoms with Gasteiger partial charge in [-0.25, -0.2) is 8.42 Å². The number of anilines is 1. The van der Waals surface area contributed by atoms with Gasteiger partial charge in [-0.1, -0.05) is 29.8 Å². The molecule has 0 aromatic heterocycles. The van der Waals surface area contributed by atoms with Crippen LogP contribution in [-0.4, -0.2) is 43.8 Å². The quantitative estimate of drug-likeness (QED) is 0.912. The van der Waals surface area contributed by atoms with Crippen molar-refractivity contribution in [1.82, 2.24) is 4.90 Å². The molecule has 1 aliphatic heterocycles. The standard InChI is InChI=1S/C19H22N2O3S/c1-15-2-6-17(7-3-15)19(22)20-18-8-4-16(5-9-18)14-21-10-12-25(23,24)13-11-21/h2-9H,10-14H2,1H3,(H,20,22). The van der Waals surface area contributed by atoms with Crippen LogP contribution in [0.4, 0.5) is 5.69 Å². The van der Waals surface area contributed by atoms with Gasteiger partial charge in [-0.2, -0.15) is 0 Å². The summed E-state index contributed by atoms with van der Waals surface area (Å²) in [6.45, 7) is 3.86. The van der Waals surface area contributed by atoms with E-state index < -0.39 is 9.84 Å². The third-order valence-corrected chi connectivity index (χ3v) is 5.98. The van der Waals surface area contributed by atoms with Crippen LogP contribution in [0.15, 0.2) is 48.5 Å². The van der Waals surface area contributed by atoms with Gasteiger partial charge >= 0.3 is 0 Å². The number of amides is 1. The number of carbonyl (C=O) groups excluding carboxylic acids is 1. The first-order chi connectivity index (χ1) is 11.9. The Labute approximate surface area is 148 Å². The normalized spacial score (nSPS) is 17.2. The van der Waals surface area contributed by atoms with E-state index in [1.54, 1.807) is 0 Å². The second-order valence-corrected chi connectivity index (χ2v) is 8.75. The molecule has 2 aromatic carbocycles. The number of hydrogen-bond acceptors (Lipinski definition) is 4. The molecule has 25 heavy (non-hydrogen) atoms. The number of rotatable bonds is 4. The minimum Gasteiger partial charge on any atom is -0.322 e. The van der Waals surface area contributed by atoms with E-state index in [2.05, 4.69) is 10.2 Å². The predicted molar refractivity (Wildman–Crippen MR) is 99.5 cm³/mol. The molecule has 1 aliphatic rings. The second kappa shape index (κ2) is 7.37. The number of sulfone groups is 1. The van der Waals surface area contributed by atoms with E-state index in [-0.39, 0.29) is 17.4 Å². The third-order valence-electron chi connectivity index (χ3n) is 4.37. The fraction of sp³-hybridized carbons (Fsp3) is 0.316. The summed E-state index contributed by atoms with van der Waals surface area (Å²) in [6, 6.07) is 15.1. The largest absolute Gasteiger partial charge is 0.322 e. The summed E-state index contributed by atoms with van der Waals surface area (Å²) in [7, 11) is -2.85. The Balaban J connectivity index is 1.57. The summed E-state index contributed by atoms with van der Waals surface area (Å²) in [6.07, 6.45) is 0. The first-order valence-electron chi connectivity index (χ1n) is 8.31. The SMILES string of the molecule is Cc1ccc(C(=O)Nc2ccc(CN3CCS(=O)(=O)CC3)cc2)cc1. The van der Waals surface area contributed by atoms with Crippen LogP contribution in [0.3, 0.4) is 0 Å². The molecule has 0 saturated carbocycles. The molecule has 0 spiro atoms. The van der Waals surface area contributed by atoms with Crippen LogP contribution in [0.25, 0.3) is 0 Å². The highest BCUT2D eigenvalue weighted by atomic mass is 32.2. The average molecular weight is 358 g/mol. The minimum atomic E-state index is -2.85. The molecular formula is C19H22N2O3S. The zero-order valence-corrected chi connectivity index (χ0v) is 15.1. The lowest BCUT2D eigenvalue weighted by Crippen LogP contribution is -2.39. The summed E-state index contributed by atoms with van der Waals surface area (Å²) in [5.41, 5.74) is 3.60. The monoisotopic (exact) mass is 358 g/mol. The van der Waals surface area contributed by atoms with Crippen molar-refractivity contribution in [3.63, 3.8) is 0 Å². The van der Waals surface area contributed by atoms with Gasteiger partial charge in [-0.05, 0) is 36.8 Å². The van der Waals surface area contributed by atoms with E-state index in [9.17, 15) is 13.2 Å². The summed E-state index contributed by atoms with van der Waals surface area (Å²) in [5.74, 6) is 0.337. The van der Waals surface area contributed by atoms with Crippen LogP contribution >= 0.6 is 0 Å². The van der Waals surface area contributed by atoms with Crippen molar-refractivity contribution in [2.45, 2.75) is 13.5 Å². The molecule has 0 unspecified atom stereocenters. The molecule has 1 saturated heterocycles. The first kappa shape index (κ1) is 17.6. The van der Waals surface area contributed by atoms with Gasteiger partial charge in [0.15, 0.2) is 9.84 Å². The Hall–Kier alpha value is -2.18. The third kappa shape index (κ3) is 4.90. The Morgan fingerprint density at radius 1 is 1.00 bits per heavy atom. The first-order valence-corrected chi connectivity index (χ1v) is 10.1. The van der Waals surface area contributed by atoms with Crippen LogP contribution in [0.1, 0.15) is 21.5 Å². The van der Waals surface area contributed by atoms with E-state index in [0.29, 0.717) is 18.7 Å². The van der Waals surface area contributed by atoms with Gasteiger partial charge in [0.2, 0.25) is 0 Å². The van der Waals surface area contributed by atoms with Crippen molar-refractivity contribution in [1.29, 1.82) is 0 Å². The molecule has 1 heterocycles. The number of benzene rings is 2. The highest BCUT2D eigenvalue weighted by Gasteiger charge is 2.21. The number of aryl methyl sites for hydroxylation is 1. The topological polar surface area (TPSA) is 66.5 Å². The Morgan fingerprint density at radius 2 is 1.60 bits per heavy atom. The zero-order valence-electron chi connectivity index (χ0n) is 14.2. The zero-order chi connectivity index (χ0) is 17.9. The summed E-state index contributed by atoms with van der Waals surface area (Å²) >= 11 is 0. The summed E-state index contributed by atoms with van der Waals surface area (Å²) in [4.78, 5) is 14.4. The molecule has 0 atom stereocenters. The molecule has 1 fully saturated rings. The van der Waals surface area contributed by atoms with Gasteiger partial charge in [0.1, 0.15) is 0 Å². The molecule has 5 nitrogen and oxygen atoms in total. The summed E-state index contributed by atoms with van der Waals surface area (Å²) in [5, 5.41) is 2.89. The Kier molecular flexibility index (Phi) is 5.20. The molecule has 0 radical (unpaired) electrons. The molecule has 0 bridgehead atoms. The predicted octanol–water partition coefficient (Wildman–Crippen LogP) is 2.48. The van der Waals surface area contributed by atoms with Crippen molar-refractivity contribution >= 4 is 21.4 Å². The molecule has 132 valence electrons. The van der Waals surface area contributed by atoms with Crippen LogP contribution in [0.5, 0.6) is 0 Å². The van der Waals surface area contributed by atoms with Crippen LogP contribution in [0.2, 0.25) is 0 Å².